The Hall–Kier alpha value is -2.31. The average molecular weight is 392 g/mol. The first-order valence-corrected chi connectivity index (χ1v) is 9.19. The monoisotopic (exact) mass is 391 g/mol. The summed E-state index contributed by atoms with van der Waals surface area (Å²) in [5.74, 6) is 0.188. The van der Waals surface area contributed by atoms with Gasteiger partial charge in [-0.1, -0.05) is 24.3 Å². The van der Waals surface area contributed by atoms with Crippen LogP contribution in [0.1, 0.15) is 39.2 Å². The van der Waals surface area contributed by atoms with Crippen molar-refractivity contribution in [1.29, 1.82) is 0 Å². The van der Waals surface area contributed by atoms with Crippen molar-refractivity contribution in [2.45, 2.75) is 45.6 Å². The molecule has 0 spiro atoms. The van der Waals surface area contributed by atoms with E-state index in [0.29, 0.717) is 17.6 Å². The van der Waals surface area contributed by atoms with Gasteiger partial charge in [-0.05, 0) is 38.5 Å². The van der Waals surface area contributed by atoms with Crippen molar-refractivity contribution in [2.24, 2.45) is 0 Å². The number of esters is 2. The molecular formula is C20H22ClNO5. The van der Waals surface area contributed by atoms with Crippen molar-refractivity contribution < 1.29 is 23.8 Å². The van der Waals surface area contributed by atoms with E-state index in [1.807, 2.05) is 38.1 Å². The van der Waals surface area contributed by atoms with Crippen molar-refractivity contribution >= 4 is 34.5 Å². The van der Waals surface area contributed by atoms with Gasteiger partial charge in [-0.15, -0.1) is 0 Å². The van der Waals surface area contributed by atoms with Crippen LogP contribution < -0.4 is 19.0 Å². The first kappa shape index (κ1) is 19.5. The summed E-state index contributed by atoms with van der Waals surface area (Å²) in [6.45, 7) is 5.62. The molecule has 7 heteroatoms. The number of ether oxygens (including phenoxy) is 3. The molecule has 0 bridgehead atoms. The fourth-order valence-electron chi connectivity index (χ4n) is 3.17. The maximum Gasteiger partial charge on any atom is 0.312 e. The third kappa shape index (κ3) is 4.17. The highest BCUT2D eigenvalue weighted by Crippen LogP contribution is 2.50. The second kappa shape index (κ2) is 7.74. The lowest BCUT2D eigenvalue weighted by molar-refractivity contribution is -0.136. The highest BCUT2D eigenvalue weighted by molar-refractivity contribution is 6.13. The molecule has 27 heavy (non-hydrogen) atoms. The molecule has 1 aliphatic heterocycles. The van der Waals surface area contributed by atoms with E-state index in [1.54, 1.807) is 0 Å². The van der Waals surface area contributed by atoms with Crippen molar-refractivity contribution in [3.63, 3.8) is 0 Å². The lowest BCUT2D eigenvalue weighted by atomic mass is 9.91. The second-order valence-corrected chi connectivity index (χ2v) is 7.34. The molecule has 0 radical (unpaired) electrons. The Morgan fingerprint density at radius 2 is 1.89 bits per heavy atom. The molecule has 1 heterocycles. The number of carbonyl (C=O) groups excluding carboxylic acids is 2. The van der Waals surface area contributed by atoms with Gasteiger partial charge < -0.3 is 14.2 Å². The molecule has 1 N–H and O–H groups in total. The zero-order valence-corrected chi connectivity index (χ0v) is 16.3. The SMILES string of the molecule is CC(=O)Oc1c(OC(=O)CCNCl)c2c(c3ccccc13)OC(C)(C)CC2. The molecule has 0 fully saturated rings. The summed E-state index contributed by atoms with van der Waals surface area (Å²) < 4.78 is 17.3. The number of benzene rings is 2. The summed E-state index contributed by atoms with van der Waals surface area (Å²) in [6, 6.07) is 7.45. The van der Waals surface area contributed by atoms with Crippen molar-refractivity contribution in [1.82, 2.24) is 4.84 Å². The number of halogens is 1. The Kier molecular flexibility index (Phi) is 5.58. The number of nitrogens with one attached hydrogen (secondary N) is 1. The molecule has 144 valence electrons. The van der Waals surface area contributed by atoms with Crippen LogP contribution in [0.5, 0.6) is 17.2 Å². The van der Waals surface area contributed by atoms with Gasteiger partial charge in [-0.25, -0.2) is 4.84 Å². The summed E-state index contributed by atoms with van der Waals surface area (Å²) in [7, 11) is 0. The number of fused-ring (bicyclic) bond motifs is 3. The minimum Gasteiger partial charge on any atom is -0.487 e. The largest absolute Gasteiger partial charge is 0.487 e. The number of rotatable bonds is 5. The van der Waals surface area contributed by atoms with Crippen LogP contribution in [-0.4, -0.2) is 24.1 Å². The Labute approximate surface area is 162 Å². The standard InChI is InChI=1S/C20H22ClNO5/c1-12(23)25-18-14-7-5-4-6-13(14)17-15(8-10-20(2,3)27-17)19(18)26-16(24)9-11-22-21/h4-7,22H,8-11H2,1-3H3. The van der Waals surface area contributed by atoms with E-state index in [-0.39, 0.29) is 30.1 Å². The van der Waals surface area contributed by atoms with E-state index in [0.717, 1.165) is 17.4 Å². The van der Waals surface area contributed by atoms with E-state index < -0.39 is 11.9 Å². The predicted octanol–water partition coefficient (Wildman–Crippen LogP) is 3.91. The molecule has 0 amide bonds. The highest BCUT2D eigenvalue weighted by Gasteiger charge is 2.33. The molecule has 0 unspecified atom stereocenters. The predicted molar refractivity (Wildman–Crippen MR) is 102 cm³/mol. The quantitative estimate of drug-likeness (QED) is 0.473. The third-order valence-electron chi connectivity index (χ3n) is 4.41. The summed E-state index contributed by atoms with van der Waals surface area (Å²) in [5, 5.41) is 1.47. The fraction of sp³-hybridized carbons (Fsp3) is 0.400. The van der Waals surface area contributed by atoms with Crippen LogP contribution in [0.25, 0.3) is 10.8 Å². The molecule has 0 aliphatic carbocycles. The molecule has 3 rings (SSSR count). The van der Waals surface area contributed by atoms with E-state index >= 15 is 0 Å². The minimum atomic E-state index is -0.489. The molecule has 6 nitrogen and oxygen atoms in total. The fourth-order valence-corrected chi connectivity index (χ4v) is 3.26. The van der Waals surface area contributed by atoms with Crippen LogP contribution in [0.15, 0.2) is 24.3 Å². The smallest absolute Gasteiger partial charge is 0.312 e. The zero-order valence-electron chi connectivity index (χ0n) is 15.6. The zero-order chi connectivity index (χ0) is 19.6. The van der Waals surface area contributed by atoms with E-state index in [4.69, 9.17) is 26.0 Å². The number of carbonyl (C=O) groups is 2. The molecule has 0 saturated carbocycles. The van der Waals surface area contributed by atoms with Gasteiger partial charge in [0.05, 0.1) is 6.42 Å². The molecule has 0 atom stereocenters. The molecular weight excluding hydrogens is 370 g/mol. The molecule has 1 aliphatic rings. The molecule has 2 aromatic rings. The van der Waals surface area contributed by atoms with E-state index in [2.05, 4.69) is 4.84 Å². The first-order valence-electron chi connectivity index (χ1n) is 8.81. The van der Waals surface area contributed by atoms with E-state index in [1.165, 1.54) is 6.92 Å². The van der Waals surface area contributed by atoms with Crippen LogP contribution in [0.2, 0.25) is 0 Å². The summed E-state index contributed by atoms with van der Waals surface area (Å²) >= 11 is 5.43. The topological polar surface area (TPSA) is 73.9 Å². The van der Waals surface area contributed by atoms with Gasteiger partial charge in [-0.2, -0.15) is 0 Å². The summed E-state index contributed by atoms with van der Waals surface area (Å²) in [6.07, 6.45) is 1.46. The van der Waals surface area contributed by atoms with Crippen LogP contribution in [0.4, 0.5) is 0 Å². The van der Waals surface area contributed by atoms with Gasteiger partial charge in [0, 0.05) is 29.8 Å². The Bertz CT molecular complexity index is 894. The third-order valence-corrected chi connectivity index (χ3v) is 4.60. The van der Waals surface area contributed by atoms with Crippen molar-refractivity contribution in [3.05, 3.63) is 29.8 Å². The normalized spacial score (nSPS) is 15.0. The molecule has 0 aromatic heterocycles. The van der Waals surface area contributed by atoms with Gasteiger partial charge in [0.25, 0.3) is 0 Å². The maximum atomic E-state index is 12.3. The first-order chi connectivity index (χ1) is 12.8. The highest BCUT2D eigenvalue weighted by atomic mass is 35.5. The molecule has 0 saturated heterocycles. The van der Waals surface area contributed by atoms with Crippen molar-refractivity contribution in [2.75, 3.05) is 6.54 Å². The lowest BCUT2D eigenvalue weighted by Gasteiger charge is -2.34. The Morgan fingerprint density at radius 3 is 2.56 bits per heavy atom. The van der Waals surface area contributed by atoms with Gasteiger partial charge in [-0.3, -0.25) is 9.59 Å². The Morgan fingerprint density at radius 1 is 1.19 bits per heavy atom. The van der Waals surface area contributed by atoms with Crippen LogP contribution in [-0.2, 0) is 16.0 Å². The van der Waals surface area contributed by atoms with Gasteiger partial charge in [0.1, 0.15) is 11.4 Å². The van der Waals surface area contributed by atoms with Crippen LogP contribution in [0, 0.1) is 0 Å². The number of hydrogen-bond donors (Lipinski definition) is 1. The minimum absolute atomic E-state index is 0.0803. The maximum absolute atomic E-state index is 12.3. The van der Waals surface area contributed by atoms with Crippen LogP contribution in [0.3, 0.4) is 0 Å². The van der Waals surface area contributed by atoms with Crippen LogP contribution >= 0.6 is 11.8 Å². The Balaban J connectivity index is 2.21. The van der Waals surface area contributed by atoms with Gasteiger partial charge in [0.2, 0.25) is 0 Å². The average Bonchev–Trinajstić information content (AvgIpc) is 2.61. The number of hydrogen-bond acceptors (Lipinski definition) is 6. The summed E-state index contributed by atoms with van der Waals surface area (Å²) in [5.41, 5.74) is 0.388. The van der Waals surface area contributed by atoms with Gasteiger partial charge in [0.15, 0.2) is 11.5 Å². The summed E-state index contributed by atoms with van der Waals surface area (Å²) in [4.78, 5) is 26.4. The van der Waals surface area contributed by atoms with E-state index in [9.17, 15) is 9.59 Å². The van der Waals surface area contributed by atoms with Crippen molar-refractivity contribution in [3.8, 4) is 17.2 Å². The van der Waals surface area contributed by atoms with Gasteiger partial charge >= 0.3 is 11.9 Å². The second-order valence-electron chi connectivity index (χ2n) is 7.07. The lowest BCUT2D eigenvalue weighted by Crippen LogP contribution is -2.33. The molecule has 2 aromatic carbocycles.